The van der Waals surface area contributed by atoms with Gasteiger partial charge in [0.1, 0.15) is 5.76 Å². The minimum atomic E-state index is -4.43. The number of hydrogen-bond acceptors (Lipinski definition) is 4. The number of hydrogen-bond donors (Lipinski definition) is 2. The van der Waals surface area contributed by atoms with Crippen LogP contribution in [0.5, 0.6) is 0 Å². The number of anilines is 2. The lowest BCUT2D eigenvalue weighted by molar-refractivity contribution is -0.137. The molecule has 0 aliphatic heterocycles. The van der Waals surface area contributed by atoms with Crippen molar-refractivity contribution in [1.82, 2.24) is 0 Å². The number of furan rings is 1. The van der Waals surface area contributed by atoms with Gasteiger partial charge < -0.3 is 9.73 Å². The lowest BCUT2D eigenvalue weighted by Gasteiger charge is -2.14. The summed E-state index contributed by atoms with van der Waals surface area (Å²) in [6.45, 7) is 1.77. The summed E-state index contributed by atoms with van der Waals surface area (Å²) in [6, 6.07) is 11.5. The molecule has 0 spiro atoms. The van der Waals surface area contributed by atoms with Crippen LogP contribution in [0.1, 0.15) is 45.8 Å². The van der Waals surface area contributed by atoms with E-state index in [0.29, 0.717) is 40.6 Å². The van der Waals surface area contributed by atoms with Gasteiger partial charge in [-0.2, -0.15) is 18.3 Å². The molecule has 0 unspecified atom stereocenters. The van der Waals surface area contributed by atoms with E-state index < -0.39 is 17.6 Å². The van der Waals surface area contributed by atoms with Gasteiger partial charge in [0.05, 0.1) is 17.0 Å². The molecule has 2 N–H and O–H groups in total. The van der Waals surface area contributed by atoms with E-state index >= 15 is 0 Å². The zero-order chi connectivity index (χ0) is 22.9. The molecule has 2 aromatic carbocycles. The minimum absolute atomic E-state index is 0.179. The fourth-order valence-electron chi connectivity index (χ4n) is 3.61. The second-order valence-corrected chi connectivity index (χ2v) is 7.85. The first-order valence-corrected chi connectivity index (χ1v) is 10.3. The summed E-state index contributed by atoms with van der Waals surface area (Å²) in [5.41, 5.74) is 4.74. The predicted molar refractivity (Wildman–Crippen MR) is 117 cm³/mol. The fourth-order valence-corrected chi connectivity index (χ4v) is 3.74. The Kier molecular flexibility index (Phi) is 5.97. The monoisotopic (exact) mass is 461 g/mol. The van der Waals surface area contributed by atoms with Crippen molar-refractivity contribution < 1.29 is 22.4 Å². The molecular weight excluding hydrogens is 443 g/mol. The minimum Gasteiger partial charge on any atom is -0.455 e. The van der Waals surface area contributed by atoms with Crippen molar-refractivity contribution in [2.45, 2.75) is 32.4 Å². The number of hydrazone groups is 1. The van der Waals surface area contributed by atoms with E-state index in [1.165, 1.54) is 12.1 Å². The van der Waals surface area contributed by atoms with Crippen molar-refractivity contribution >= 4 is 34.6 Å². The van der Waals surface area contributed by atoms with Crippen LogP contribution in [0.15, 0.2) is 58.0 Å². The molecule has 0 saturated carbocycles. The van der Waals surface area contributed by atoms with Crippen molar-refractivity contribution in [3.63, 3.8) is 0 Å². The molecule has 5 nitrogen and oxygen atoms in total. The zero-order valence-electron chi connectivity index (χ0n) is 17.0. The molecule has 32 heavy (non-hydrogen) atoms. The Morgan fingerprint density at radius 1 is 1.09 bits per heavy atom. The van der Waals surface area contributed by atoms with Crippen LogP contribution >= 0.6 is 11.6 Å². The highest BCUT2D eigenvalue weighted by atomic mass is 35.5. The zero-order valence-corrected chi connectivity index (χ0v) is 17.8. The van der Waals surface area contributed by atoms with Crippen molar-refractivity contribution in [1.29, 1.82) is 0 Å². The molecule has 0 saturated heterocycles. The van der Waals surface area contributed by atoms with E-state index in [1.54, 1.807) is 31.2 Å². The maximum Gasteiger partial charge on any atom is 0.416 e. The van der Waals surface area contributed by atoms with Crippen molar-refractivity contribution in [2.75, 3.05) is 10.7 Å². The van der Waals surface area contributed by atoms with E-state index in [4.69, 9.17) is 16.0 Å². The van der Waals surface area contributed by atoms with Crippen molar-refractivity contribution in [3.05, 3.63) is 81.8 Å². The maximum absolute atomic E-state index is 12.9. The molecule has 4 rings (SSSR count). The van der Waals surface area contributed by atoms with Crippen LogP contribution < -0.4 is 10.7 Å². The summed E-state index contributed by atoms with van der Waals surface area (Å²) in [5.74, 6) is 0.419. The van der Waals surface area contributed by atoms with Crippen molar-refractivity contribution in [3.8, 4) is 0 Å². The van der Waals surface area contributed by atoms with Crippen LogP contribution in [-0.4, -0.2) is 11.6 Å². The van der Waals surface area contributed by atoms with Crippen molar-refractivity contribution in [2.24, 2.45) is 5.10 Å². The van der Waals surface area contributed by atoms with Crippen LogP contribution in [-0.2, 0) is 12.6 Å². The molecule has 166 valence electrons. The second-order valence-electron chi connectivity index (χ2n) is 7.42. The number of carbonyl (C=O) groups excluding carboxylic acids is 1. The number of fused-ring (bicyclic) bond motifs is 1. The number of carbonyl (C=O) groups is 1. The van der Waals surface area contributed by atoms with Crippen LogP contribution in [0.2, 0.25) is 5.02 Å². The van der Waals surface area contributed by atoms with Gasteiger partial charge in [0.25, 0.3) is 5.91 Å². The highest BCUT2D eigenvalue weighted by molar-refractivity contribution is 6.30. The number of nitrogens with one attached hydrogen (secondary N) is 2. The molecular formula is C23H19ClF3N3O2. The molecule has 0 radical (unpaired) electrons. The average molecular weight is 462 g/mol. The van der Waals surface area contributed by atoms with E-state index in [0.717, 1.165) is 24.1 Å². The highest BCUT2D eigenvalue weighted by Crippen LogP contribution is 2.32. The highest BCUT2D eigenvalue weighted by Gasteiger charge is 2.31. The molecule has 0 bridgehead atoms. The Hall–Kier alpha value is -3.26. The number of halogens is 4. The van der Waals surface area contributed by atoms with Crippen LogP contribution in [0.4, 0.5) is 24.5 Å². The summed E-state index contributed by atoms with van der Waals surface area (Å²) >= 11 is 5.87. The van der Waals surface area contributed by atoms with Gasteiger partial charge in [-0.15, -0.1) is 0 Å². The Labute approximate surface area is 187 Å². The maximum atomic E-state index is 12.9. The number of amides is 1. The molecule has 1 aliphatic carbocycles. The SMILES string of the molecule is Cc1c(C(=O)Nc2ccc(Cl)cc2)oc2c1/C(=N/Nc1cccc(C(F)(F)F)c1)CCC2. The molecule has 0 fully saturated rings. The van der Waals surface area contributed by atoms with Gasteiger partial charge >= 0.3 is 6.18 Å². The lowest BCUT2D eigenvalue weighted by atomic mass is 9.93. The molecule has 3 aromatic rings. The van der Waals surface area contributed by atoms with Gasteiger partial charge in [-0.1, -0.05) is 17.7 Å². The van der Waals surface area contributed by atoms with Gasteiger partial charge in [0.15, 0.2) is 5.76 Å². The first-order valence-electron chi connectivity index (χ1n) is 9.92. The summed E-state index contributed by atoms with van der Waals surface area (Å²) in [6.07, 6.45) is -2.43. The summed E-state index contributed by atoms with van der Waals surface area (Å²) in [7, 11) is 0. The molecule has 9 heteroatoms. The summed E-state index contributed by atoms with van der Waals surface area (Å²) < 4.78 is 44.7. The smallest absolute Gasteiger partial charge is 0.416 e. The van der Waals surface area contributed by atoms with E-state index in [-0.39, 0.29) is 11.4 Å². The third kappa shape index (κ3) is 4.65. The standard InChI is InChI=1S/C23H19ClF3N3O2/c1-13-20-18(30-29-17-5-2-4-14(12-17)23(25,26)27)6-3-7-19(20)32-21(13)22(31)28-16-10-8-15(24)9-11-16/h2,4-5,8-12,29H,3,6-7H2,1H3,(H,28,31)/b30-18+. The quantitative estimate of drug-likeness (QED) is 0.427. The lowest BCUT2D eigenvalue weighted by Crippen LogP contribution is -2.14. The van der Waals surface area contributed by atoms with Gasteiger partial charge in [-0.3, -0.25) is 10.2 Å². The molecule has 1 aliphatic rings. The summed E-state index contributed by atoms with van der Waals surface area (Å²) in [4.78, 5) is 12.8. The van der Waals surface area contributed by atoms with Crippen LogP contribution in [0.3, 0.4) is 0 Å². The third-order valence-electron chi connectivity index (χ3n) is 5.14. The number of rotatable bonds is 4. The second kappa shape index (κ2) is 8.70. The summed E-state index contributed by atoms with van der Waals surface area (Å²) in [5, 5.41) is 7.67. The topological polar surface area (TPSA) is 66.6 Å². The molecule has 0 atom stereocenters. The normalized spacial score (nSPS) is 14.8. The molecule has 1 amide bonds. The Morgan fingerprint density at radius 3 is 2.56 bits per heavy atom. The number of aryl methyl sites for hydroxylation is 1. The molecule has 1 aromatic heterocycles. The van der Waals surface area contributed by atoms with Gasteiger partial charge in [0, 0.05) is 28.3 Å². The van der Waals surface area contributed by atoms with Crippen LogP contribution in [0, 0.1) is 6.92 Å². The first kappa shape index (κ1) is 22.0. The molecule has 1 heterocycles. The van der Waals surface area contributed by atoms with Gasteiger partial charge in [-0.05, 0) is 62.2 Å². The largest absolute Gasteiger partial charge is 0.455 e. The Bertz CT molecular complexity index is 1180. The van der Waals surface area contributed by atoms with E-state index in [2.05, 4.69) is 15.8 Å². The fraction of sp³-hybridized carbons (Fsp3) is 0.217. The third-order valence-corrected chi connectivity index (χ3v) is 5.40. The van der Waals surface area contributed by atoms with Gasteiger partial charge in [0.2, 0.25) is 0 Å². The number of benzene rings is 2. The Morgan fingerprint density at radius 2 is 1.84 bits per heavy atom. The van der Waals surface area contributed by atoms with E-state index in [1.807, 2.05) is 0 Å². The number of alkyl halides is 3. The van der Waals surface area contributed by atoms with Crippen LogP contribution in [0.25, 0.3) is 0 Å². The Balaban J connectivity index is 1.58. The number of nitrogens with zero attached hydrogens (tertiary/aromatic N) is 1. The predicted octanol–water partition coefficient (Wildman–Crippen LogP) is 6.67. The van der Waals surface area contributed by atoms with Gasteiger partial charge in [-0.25, -0.2) is 0 Å². The average Bonchev–Trinajstić information content (AvgIpc) is 3.11. The van der Waals surface area contributed by atoms with E-state index in [9.17, 15) is 18.0 Å². The first-order chi connectivity index (χ1) is 15.2.